The van der Waals surface area contributed by atoms with E-state index in [2.05, 4.69) is 0 Å². The van der Waals surface area contributed by atoms with E-state index < -0.39 is 5.97 Å². The highest BCUT2D eigenvalue weighted by molar-refractivity contribution is 5.68. The molecular weight excluding hydrogens is 146 g/mol. The minimum absolute atomic E-state index is 0.0268. The molecule has 0 amide bonds. The fourth-order valence-electron chi connectivity index (χ4n) is 0.780. The first-order valence-corrected chi connectivity index (χ1v) is 3.50. The van der Waals surface area contributed by atoms with Crippen LogP contribution in [0.2, 0.25) is 0 Å². The summed E-state index contributed by atoms with van der Waals surface area (Å²) >= 11 is 0. The maximum Gasteiger partial charge on any atom is 0.329 e. The molecule has 1 atom stereocenters. The fraction of sp³-hybridized carbons (Fsp3) is 0.857. The van der Waals surface area contributed by atoms with E-state index in [1.165, 1.54) is 0 Å². The van der Waals surface area contributed by atoms with Crippen LogP contribution in [0.25, 0.3) is 0 Å². The Morgan fingerprint density at radius 1 is 1.64 bits per heavy atom. The summed E-state index contributed by atoms with van der Waals surface area (Å²) < 4.78 is 4.97. The van der Waals surface area contributed by atoms with Crippen molar-refractivity contribution in [2.75, 3.05) is 27.2 Å². The van der Waals surface area contributed by atoms with Gasteiger partial charge >= 0.3 is 5.97 Å². The monoisotopic (exact) mass is 161 g/mol. The van der Waals surface area contributed by atoms with Crippen molar-refractivity contribution in [3.05, 3.63) is 0 Å². The highest BCUT2D eigenvalue weighted by atomic mass is 16.5. The van der Waals surface area contributed by atoms with Crippen molar-refractivity contribution >= 4 is 5.97 Å². The van der Waals surface area contributed by atoms with Gasteiger partial charge in [0, 0.05) is 6.54 Å². The molecule has 0 aliphatic heterocycles. The van der Waals surface area contributed by atoms with Gasteiger partial charge in [-0.25, -0.2) is 4.79 Å². The number of likely N-dealkylation sites (N-methyl/N-ethyl adjacent to an activating group) is 1. The normalized spacial score (nSPS) is 13.5. The largest absolute Gasteiger partial charge is 0.480 e. The molecule has 0 aliphatic carbocycles. The van der Waals surface area contributed by atoms with Crippen molar-refractivity contribution < 1.29 is 14.6 Å². The first-order chi connectivity index (χ1) is 5.02. The second-order valence-corrected chi connectivity index (χ2v) is 2.78. The Balaban J connectivity index is 3.37. The van der Waals surface area contributed by atoms with E-state index in [1.54, 1.807) is 0 Å². The molecule has 0 aliphatic rings. The number of ether oxygens (including phenoxy) is 1. The van der Waals surface area contributed by atoms with E-state index in [-0.39, 0.29) is 12.7 Å². The molecule has 11 heavy (non-hydrogen) atoms. The molecule has 0 fully saturated rings. The molecule has 0 aromatic rings. The van der Waals surface area contributed by atoms with Crippen LogP contribution in [-0.4, -0.2) is 49.3 Å². The predicted molar refractivity (Wildman–Crippen MR) is 41.6 cm³/mol. The van der Waals surface area contributed by atoms with Crippen LogP contribution in [0.1, 0.15) is 6.92 Å². The number of aliphatic carboxylic acids is 1. The molecule has 0 aromatic heterocycles. The lowest BCUT2D eigenvalue weighted by Gasteiger charge is -2.16. The van der Waals surface area contributed by atoms with Crippen molar-refractivity contribution in [1.82, 2.24) is 4.90 Å². The number of nitrogens with zero attached hydrogens (tertiary/aromatic N) is 1. The van der Waals surface area contributed by atoms with Gasteiger partial charge in [0.25, 0.3) is 0 Å². The lowest BCUT2D eigenvalue weighted by atomic mass is 10.4. The van der Waals surface area contributed by atoms with Crippen LogP contribution in [0.4, 0.5) is 0 Å². The zero-order chi connectivity index (χ0) is 8.85. The van der Waals surface area contributed by atoms with Crippen LogP contribution in [0.15, 0.2) is 0 Å². The van der Waals surface area contributed by atoms with E-state index in [9.17, 15) is 4.79 Å². The van der Waals surface area contributed by atoms with E-state index in [1.807, 2.05) is 25.9 Å². The van der Waals surface area contributed by atoms with Gasteiger partial charge in [0.15, 0.2) is 0 Å². The van der Waals surface area contributed by atoms with Crippen LogP contribution in [0.3, 0.4) is 0 Å². The van der Waals surface area contributed by atoms with Gasteiger partial charge < -0.3 is 14.7 Å². The quantitative estimate of drug-likeness (QED) is 0.618. The van der Waals surface area contributed by atoms with Crippen molar-refractivity contribution in [3.63, 3.8) is 0 Å². The third-order valence-corrected chi connectivity index (χ3v) is 1.11. The average molecular weight is 161 g/mol. The Kier molecular flexibility index (Phi) is 4.81. The van der Waals surface area contributed by atoms with Gasteiger partial charge in [-0.2, -0.15) is 0 Å². The van der Waals surface area contributed by atoms with E-state index in [0.29, 0.717) is 0 Å². The number of carboxylic acids is 1. The Morgan fingerprint density at radius 2 is 2.18 bits per heavy atom. The highest BCUT2D eigenvalue weighted by Gasteiger charge is 2.05. The zero-order valence-electron chi connectivity index (χ0n) is 7.20. The minimum Gasteiger partial charge on any atom is -0.480 e. The van der Waals surface area contributed by atoms with Gasteiger partial charge in [-0.05, 0) is 21.0 Å². The summed E-state index contributed by atoms with van der Waals surface area (Å²) in [6, 6.07) is 0. The number of carbonyl (C=O) groups is 1. The van der Waals surface area contributed by atoms with Gasteiger partial charge in [-0.3, -0.25) is 0 Å². The average Bonchev–Trinajstić information content (AvgIpc) is 1.82. The van der Waals surface area contributed by atoms with Crippen molar-refractivity contribution in [1.29, 1.82) is 0 Å². The molecule has 0 saturated carbocycles. The molecule has 0 spiro atoms. The van der Waals surface area contributed by atoms with Gasteiger partial charge in [-0.1, -0.05) is 0 Å². The number of hydrogen-bond acceptors (Lipinski definition) is 3. The van der Waals surface area contributed by atoms with Crippen LogP contribution < -0.4 is 0 Å². The van der Waals surface area contributed by atoms with Crippen molar-refractivity contribution in [2.45, 2.75) is 13.0 Å². The van der Waals surface area contributed by atoms with Gasteiger partial charge in [0.05, 0.1) is 6.10 Å². The first kappa shape index (κ1) is 10.4. The summed E-state index contributed by atoms with van der Waals surface area (Å²) in [7, 11) is 3.83. The maximum atomic E-state index is 10.1. The molecule has 0 bridgehead atoms. The number of carboxylic acid groups (broad SMARTS) is 1. The van der Waals surface area contributed by atoms with E-state index in [4.69, 9.17) is 9.84 Å². The fourth-order valence-corrected chi connectivity index (χ4v) is 0.780. The predicted octanol–water partition coefficient (Wildman–Crippen LogP) is 0.0377. The number of hydrogen-bond donors (Lipinski definition) is 1. The van der Waals surface area contributed by atoms with Crippen molar-refractivity contribution in [3.8, 4) is 0 Å². The van der Waals surface area contributed by atoms with E-state index >= 15 is 0 Å². The molecule has 4 heteroatoms. The van der Waals surface area contributed by atoms with E-state index in [0.717, 1.165) is 6.54 Å². The molecule has 1 N–H and O–H groups in total. The van der Waals surface area contributed by atoms with Crippen LogP contribution in [0, 0.1) is 0 Å². The first-order valence-electron chi connectivity index (χ1n) is 3.50. The summed E-state index contributed by atoms with van der Waals surface area (Å²) in [6.45, 7) is 2.38. The molecule has 1 unspecified atom stereocenters. The number of rotatable bonds is 5. The second-order valence-electron chi connectivity index (χ2n) is 2.78. The molecule has 0 heterocycles. The molecule has 0 radical (unpaired) electrons. The molecule has 0 rings (SSSR count). The third-order valence-electron chi connectivity index (χ3n) is 1.11. The third kappa shape index (κ3) is 7.29. The summed E-state index contributed by atoms with van der Waals surface area (Å²) in [5, 5.41) is 8.26. The minimum atomic E-state index is -0.921. The van der Waals surface area contributed by atoms with Crippen molar-refractivity contribution in [2.24, 2.45) is 0 Å². The Hall–Kier alpha value is -0.610. The second kappa shape index (κ2) is 5.09. The smallest absolute Gasteiger partial charge is 0.329 e. The van der Waals surface area contributed by atoms with Crippen LogP contribution in [0.5, 0.6) is 0 Å². The van der Waals surface area contributed by atoms with Crippen LogP contribution in [-0.2, 0) is 9.53 Å². The van der Waals surface area contributed by atoms with Crippen LogP contribution >= 0.6 is 0 Å². The van der Waals surface area contributed by atoms with Gasteiger partial charge in [-0.15, -0.1) is 0 Å². The lowest BCUT2D eigenvalue weighted by Crippen LogP contribution is -2.27. The summed E-state index contributed by atoms with van der Waals surface area (Å²) in [4.78, 5) is 12.0. The molecular formula is C7H15NO3. The maximum absolute atomic E-state index is 10.1. The Labute approximate surface area is 66.8 Å². The van der Waals surface area contributed by atoms with Gasteiger partial charge in [0.1, 0.15) is 6.61 Å². The Bertz CT molecular complexity index is 125. The topological polar surface area (TPSA) is 49.8 Å². The summed E-state index contributed by atoms with van der Waals surface area (Å²) in [5.74, 6) is -0.921. The standard InChI is InChI=1S/C7H15NO3/c1-6(4-8(2)3)11-5-7(9)10/h6H,4-5H2,1-3H3,(H,9,10). The SMILES string of the molecule is CC(CN(C)C)OCC(=O)O. The molecule has 0 aromatic carbocycles. The van der Waals surface area contributed by atoms with Gasteiger partial charge in [0.2, 0.25) is 0 Å². The lowest BCUT2D eigenvalue weighted by molar-refractivity contribution is -0.144. The molecule has 0 saturated heterocycles. The molecule has 4 nitrogen and oxygen atoms in total. The zero-order valence-corrected chi connectivity index (χ0v) is 7.20. The summed E-state index contributed by atoms with van der Waals surface area (Å²) in [6.07, 6.45) is -0.0268. The Morgan fingerprint density at radius 3 is 2.55 bits per heavy atom. The summed E-state index contributed by atoms with van der Waals surface area (Å²) in [5.41, 5.74) is 0. The molecule has 66 valence electrons. The highest BCUT2D eigenvalue weighted by Crippen LogP contribution is 1.91.